The first-order valence-electron chi connectivity index (χ1n) is 8.34. The molecule has 1 amide bonds. The SMILES string of the molecule is O=C(NC1CCCCC1O)c1ccnc(OCc2ccccc2)c1. The highest BCUT2D eigenvalue weighted by Crippen LogP contribution is 2.19. The van der Waals surface area contributed by atoms with Gasteiger partial charge in [-0.1, -0.05) is 43.2 Å². The molecule has 1 aromatic carbocycles. The maximum absolute atomic E-state index is 12.4. The molecule has 1 aliphatic carbocycles. The highest BCUT2D eigenvalue weighted by Gasteiger charge is 2.24. The maximum atomic E-state index is 12.4. The van der Waals surface area contributed by atoms with Gasteiger partial charge in [-0.25, -0.2) is 4.98 Å². The number of carbonyl (C=O) groups excluding carboxylic acids is 1. The molecule has 2 atom stereocenters. The second-order valence-corrected chi connectivity index (χ2v) is 6.09. The van der Waals surface area contributed by atoms with E-state index in [9.17, 15) is 9.90 Å². The highest BCUT2D eigenvalue weighted by molar-refractivity contribution is 5.94. The van der Waals surface area contributed by atoms with Crippen LogP contribution in [0.25, 0.3) is 0 Å². The van der Waals surface area contributed by atoms with E-state index in [-0.39, 0.29) is 11.9 Å². The van der Waals surface area contributed by atoms with Gasteiger partial charge in [0.05, 0.1) is 12.1 Å². The molecule has 0 radical (unpaired) electrons. The third kappa shape index (κ3) is 4.32. The van der Waals surface area contributed by atoms with Crippen LogP contribution in [0.2, 0.25) is 0 Å². The standard InChI is InChI=1S/C19H22N2O3/c22-17-9-5-4-8-16(17)21-19(23)15-10-11-20-18(12-15)24-13-14-6-2-1-3-7-14/h1-3,6-7,10-12,16-17,22H,4-5,8-9,13H2,(H,21,23). The molecule has 24 heavy (non-hydrogen) atoms. The van der Waals surface area contributed by atoms with Gasteiger partial charge in [0.1, 0.15) is 6.61 Å². The summed E-state index contributed by atoms with van der Waals surface area (Å²) in [6, 6.07) is 12.9. The quantitative estimate of drug-likeness (QED) is 0.886. The molecule has 1 saturated carbocycles. The number of rotatable bonds is 5. The van der Waals surface area contributed by atoms with E-state index in [1.807, 2.05) is 30.3 Å². The number of aliphatic hydroxyl groups is 1. The van der Waals surface area contributed by atoms with E-state index < -0.39 is 6.10 Å². The Hall–Kier alpha value is -2.40. The van der Waals surface area contributed by atoms with Crippen LogP contribution in [0, 0.1) is 0 Å². The van der Waals surface area contributed by atoms with Crippen LogP contribution >= 0.6 is 0 Å². The number of hydrogen-bond acceptors (Lipinski definition) is 4. The second-order valence-electron chi connectivity index (χ2n) is 6.09. The Morgan fingerprint density at radius 2 is 2.00 bits per heavy atom. The van der Waals surface area contributed by atoms with Crippen molar-refractivity contribution >= 4 is 5.91 Å². The average Bonchev–Trinajstić information content (AvgIpc) is 2.63. The summed E-state index contributed by atoms with van der Waals surface area (Å²) in [5, 5.41) is 12.9. The van der Waals surface area contributed by atoms with Crippen molar-refractivity contribution in [1.82, 2.24) is 10.3 Å². The number of carbonyl (C=O) groups is 1. The molecule has 0 aliphatic heterocycles. The zero-order valence-corrected chi connectivity index (χ0v) is 13.5. The number of nitrogens with one attached hydrogen (secondary N) is 1. The van der Waals surface area contributed by atoms with E-state index in [1.54, 1.807) is 18.3 Å². The Labute approximate surface area is 141 Å². The van der Waals surface area contributed by atoms with Crippen molar-refractivity contribution in [2.45, 2.75) is 44.4 Å². The van der Waals surface area contributed by atoms with Crippen LogP contribution in [0.3, 0.4) is 0 Å². The predicted molar refractivity (Wildman–Crippen MR) is 90.7 cm³/mol. The number of aliphatic hydroxyl groups excluding tert-OH is 1. The van der Waals surface area contributed by atoms with Gasteiger partial charge in [-0.15, -0.1) is 0 Å². The molecular formula is C19H22N2O3. The molecule has 126 valence electrons. The molecule has 5 heteroatoms. The molecule has 2 unspecified atom stereocenters. The lowest BCUT2D eigenvalue weighted by atomic mass is 9.92. The largest absolute Gasteiger partial charge is 0.473 e. The summed E-state index contributed by atoms with van der Waals surface area (Å²) in [5.41, 5.74) is 1.53. The molecular weight excluding hydrogens is 304 g/mol. The van der Waals surface area contributed by atoms with Gasteiger partial charge in [-0.2, -0.15) is 0 Å². The number of aromatic nitrogens is 1. The van der Waals surface area contributed by atoms with Crippen molar-refractivity contribution in [3.63, 3.8) is 0 Å². The fourth-order valence-corrected chi connectivity index (χ4v) is 2.89. The summed E-state index contributed by atoms with van der Waals surface area (Å²) < 4.78 is 5.65. The summed E-state index contributed by atoms with van der Waals surface area (Å²) in [4.78, 5) is 16.5. The van der Waals surface area contributed by atoms with Crippen LogP contribution in [0.1, 0.15) is 41.6 Å². The van der Waals surface area contributed by atoms with E-state index in [2.05, 4.69) is 10.3 Å². The molecule has 0 bridgehead atoms. The number of amides is 1. The van der Waals surface area contributed by atoms with Crippen molar-refractivity contribution in [2.75, 3.05) is 0 Å². The molecule has 5 nitrogen and oxygen atoms in total. The van der Waals surface area contributed by atoms with Crippen LogP contribution in [0.15, 0.2) is 48.7 Å². The van der Waals surface area contributed by atoms with Crippen LogP contribution in [0.5, 0.6) is 5.88 Å². The molecule has 1 heterocycles. The molecule has 2 aromatic rings. The van der Waals surface area contributed by atoms with E-state index in [0.717, 1.165) is 31.2 Å². The fourth-order valence-electron chi connectivity index (χ4n) is 2.89. The topological polar surface area (TPSA) is 71.5 Å². The zero-order valence-electron chi connectivity index (χ0n) is 13.5. The second kappa shape index (κ2) is 7.93. The normalized spacial score (nSPS) is 20.4. The molecule has 1 aliphatic rings. The number of pyridine rings is 1. The van der Waals surface area contributed by atoms with Gasteiger partial charge in [0.15, 0.2) is 0 Å². The van der Waals surface area contributed by atoms with Crippen LogP contribution < -0.4 is 10.1 Å². The number of ether oxygens (including phenoxy) is 1. The first kappa shape index (κ1) is 16.5. The van der Waals surface area contributed by atoms with Crippen molar-refractivity contribution in [1.29, 1.82) is 0 Å². The molecule has 1 aromatic heterocycles. The van der Waals surface area contributed by atoms with Gasteiger partial charge >= 0.3 is 0 Å². The summed E-state index contributed by atoms with van der Waals surface area (Å²) in [6.45, 7) is 0.403. The Kier molecular flexibility index (Phi) is 5.43. The fraction of sp³-hybridized carbons (Fsp3) is 0.368. The molecule has 0 spiro atoms. The van der Waals surface area contributed by atoms with E-state index >= 15 is 0 Å². The summed E-state index contributed by atoms with van der Waals surface area (Å²) in [7, 11) is 0. The summed E-state index contributed by atoms with van der Waals surface area (Å²) in [5.74, 6) is 0.212. The van der Waals surface area contributed by atoms with Crippen LogP contribution in [0.4, 0.5) is 0 Å². The molecule has 2 N–H and O–H groups in total. The van der Waals surface area contributed by atoms with Gasteiger partial charge in [-0.05, 0) is 24.5 Å². The van der Waals surface area contributed by atoms with Gasteiger partial charge in [0.2, 0.25) is 5.88 Å². The zero-order chi connectivity index (χ0) is 16.8. The number of benzene rings is 1. The van der Waals surface area contributed by atoms with Gasteiger partial charge in [0.25, 0.3) is 5.91 Å². The Morgan fingerprint density at radius 3 is 2.79 bits per heavy atom. The first-order chi connectivity index (χ1) is 11.7. The Bertz CT molecular complexity index is 675. The van der Waals surface area contributed by atoms with Crippen molar-refractivity contribution < 1.29 is 14.6 Å². The lowest BCUT2D eigenvalue weighted by Crippen LogP contribution is -2.45. The number of hydrogen-bond donors (Lipinski definition) is 2. The third-order valence-electron chi connectivity index (χ3n) is 4.27. The predicted octanol–water partition coefficient (Wildman–Crippen LogP) is 2.69. The lowest BCUT2D eigenvalue weighted by Gasteiger charge is -2.28. The maximum Gasteiger partial charge on any atom is 0.251 e. The summed E-state index contributed by atoms with van der Waals surface area (Å²) in [6.07, 6.45) is 4.71. The highest BCUT2D eigenvalue weighted by atomic mass is 16.5. The van der Waals surface area contributed by atoms with Crippen LogP contribution in [-0.2, 0) is 6.61 Å². The monoisotopic (exact) mass is 326 g/mol. The van der Waals surface area contributed by atoms with E-state index in [4.69, 9.17) is 4.74 Å². The van der Waals surface area contributed by atoms with Crippen LogP contribution in [-0.4, -0.2) is 28.1 Å². The van der Waals surface area contributed by atoms with Gasteiger partial charge in [0, 0.05) is 17.8 Å². The minimum absolute atomic E-state index is 0.173. The Balaban J connectivity index is 1.60. The average molecular weight is 326 g/mol. The third-order valence-corrected chi connectivity index (χ3v) is 4.27. The minimum atomic E-state index is -0.460. The van der Waals surface area contributed by atoms with Gasteiger partial charge in [-0.3, -0.25) is 4.79 Å². The van der Waals surface area contributed by atoms with Crippen molar-refractivity contribution in [2.24, 2.45) is 0 Å². The summed E-state index contributed by atoms with van der Waals surface area (Å²) >= 11 is 0. The van der Waals surface area contributed by atoms with Crippen molar-refractivity contribution in [3.05, 3.63) is 59.8 Å². The lowest BCUT2D eigenvalue weighted by molar-refractivity contribution is 0.0717. The van der Waals surface area contributed by atoms with E-state index in [1.165, 1.54) is 0 Å². The van der Waals surface area contributed by atoms with Gasteiger partial charge < -0.3 is 15.2 Å². The van der Waals surface area contributed by atoms with E-state index in [0.29, 0.717) is 18.1 Å². The minimum Gasteiger partial charge on any atom is -0.473 e. The molecule has 0 saturated heterocycles. The molecule has 3 rings (SSSR count). The van der Waals surface area contributed by atoms with Crippen molar-refractivity contribution in [3.8, 4) is 5.88 Å². The smallest absolute Gasteiger partial charge is 0.251 e. The number of nitrogens with zero attached hydrogens (tertiary/aromatic N) is 1. The first-order valence-corrected chi connectivity index (χ1v) is 8.34. The Morgan fingerprint density at radius 1 is 1.21 bits per heavy atom. The molecule has 1 fully saturated rings.